The highest BCUT2D eigenvalue weighted by atomic mass is 24.3. The van der Waals surface area contributed by atoms with Crippen molar-refractivity contribution in [1.29, 1.82) is 0 Å². The van der Waals surface area contributed by atoms with E-state index in [1.165, 1.54) is 0 Å². The number of rotatable bonds is 3. The molecule has 0 fully saturated rings. The lowest BCUT2D eigenvalue weighted by Crippen LogP contribution is -2.01. The van der Waals surface area contributed by atoms with Crippen molar-refractivity contribution in [3.05, 3.63) is 0 Å². The molecule has 0 radical (unpaired) electrons. The van der Waals surface area contributed by atoms with Crippen LogP contribution in [0.4, 0.5) is 0 Å². The lowest BCUT2D eigenvalue weighted by molar-refractivity contribution is 0.159. The molecule has 8 heavy (non-hydrogen) atoms. The molecule has 0 spiro atoms. The van der Waals surface area contributed by atoms with E-state index < -0.39 is 0 Å². The van der Waals surface area contributed by atoms with Gasteiger partial charge in [-0.3, -0.25) is 0 Å². The Hall–Kier alpha value is 0.726. The summed E-state index contributed by atoms with van der Waals surface area (Å²) >= 11 is 0. The third-order valence-corrected chi connectivity index (χ3v) is 1.09. The van der Waals surface area contributed by atoms with Crippen molar-refractivity contribution in [3.63, 3.8) is 0 Å². The zero-order valence-corrected chi connectivity index (χ0v) is 5.15. The summed E-state index contributed by atoms with van der Waals surface area (Å²) in [5.41, 5.74) is 0. The number of aliphatic hydroxyl groups excluding tert-OH is 1. The first-order valence-corrected chi connectivity index (χ1v) is 2.99. The average molecular weight is 128 g/mol. The molecule has 0 bridgehead atoms. The second kappa shape index (κ2) is 7.73. The molecule has 0 saturated carbocycles. The molecule has 0 heterocycles. The summed E-state index contributed by atoms with van der Waals surface area (Å²) in [5, 5.41) is 8.86. The quantitative estimate of drug-likeness (QED) is 0.553. The first-order chi connectivity index (χ1) is 3.31. The summed E-state index contributed by atoms with van der Waals surface area (Å²) in [6.07, 6.45) is 2.89. The third kappa shape index (κ3) is 6.73. The van der Waals surface area contributed by atoms with E-state index >= 15 is 0 Å². The van der Waals surface area contributed by atoms with Crippen molar-refractivity contribution in [2.75, 3.05) is 0 Å². The van der Waals surface area contributed by atoms with Crippen LogP contribution in [0.15, 0.2) is 0 Å². The molecular formula is C6H16MgO. The lowest BCUT2D eigenvalue weighted by Gasteiger charge is -2.01. The van der Waals surface area contributed by atoms with Gasteiger partial charge in [0.05, 0.1) is 6.10 Å². The van der Waals surface area contributed by atoms with Crippen LogP contribution < -0.4 is 0 Å². The summed E-state index contributed by atoms with van der Waals surface area (Å²) in [6.45, 7) is 4.08. The summed E-state index contributed by atoms with van der Waals surface area (Å²) in [7, 11) is 0. The second-order valence-electron chi connectivity index (χ2n) is 1.85. The smallest absolute Gasteiger partial charge is 0.316 e. The maximum absolute atomic E-state index is 8.86. The van der Waals surface area contributed by atoms with Crippen LogP contribution in [0, 0.1) is 0 Å². The molecule has 0 saturated heterocycles. The number of hydrogen-bond acceptors (Lipinski definition) is 1. The van der Waals surface area contributed by atoms with E-state index in [9.17, 15) is 0 Å². The van der Waals surface area contributed by atoms with Gasteiger partial charge < -0.3 is 5.11 Å². The predicted molar refractivity (Wildman–Crippen MR) is 39.7 cm³/mol. The fraction of sp³-hybridized carbons (Fsp3) is 1.00. The van der Waals surface area contributed by atoms with Gasteiger partial charge in [0.2, 0.25) is 0 Å². The Morgan fingerprint density at radius 2 is 1.88 bits per heavy atom. The van der Waals surface area contributed by atoms with Gasteiger partial charge in [0.15, 0.2) is 0 Å². The predicted octanol–water partition coefficient (Wildman–Crippen LogP) is 0.641. The van der Waals surface area contributed by atoms with Gasteiger partial charge in [-0.25, -0.2) is 0 Å². The van der Waals surface area contributed by atoms with Crippen molar-refractivity contribution < 1.29 is 5.11 Å². The maximum Gasteiger partial charge on any atom is 0.316 e. The van der Waals surface area contributed by atoms with Crippen LogP contribution in [0.25, 0.3) is 0 Å². The summed E-state index contributed by atoms with van der Waals surface area (Å²) < 4.78 is 0. The SMILES string of the molecule is CCCC(O)CC.[MgH2]. The summed E-state index contributed by atoms with van der Waals surface area (Å²) in [4.78, 5) is 0. The van der Waals surface area contributed by atoms with E-state index in [1.54, 1.807) is 0 Å². The van der Waals surface area contributed by atoms with Gasteiger partial charge in [0, 0.05) is 0 Å². The summed E-state index contributed by atoms with van der Waals surface area (Å²) in [5.74, 6) is 0. The van der Waals surface area contributed by atoms with Gasteiger partial charge in [0.25, 0.3) is 0 Å². The molecule has 0 aliphatic rings. The van der Waals surface area contributed by atoms with Gasteiger partial charge in [-0.1, -0.05) is 20.3 Å². The van der Waals surface area contributed by atoms with Crippen molar-refractivity contribution >= 4 is 23.1 Å². The largest absolute Gasteiger partial charge is 0.393 e. The second-order valence-corrected chi connectivity index (χ2v) is 1.85. The first kappa shape index (κ1) is 11.5. The molecule has 1 N–H and O–H groups in total. The van der Waals surface area contributed by atoms with Gasteiger partial charge >= 0.3 is 23.1 Å². The van der Waals surface area contributed by atoms with Crippen molar-refractivity contribution in [1.82, 2.24) is 0 Å². The van der Waals surface area contributed by atoms with Crippen LogP contribution in [-0.2, 0) is 0 Å². The average Bonchev–Trinajstić information content (AvgIpc) is 1.68. The highest BCUT2D eigenvalue weighted by molar-refractivity contribution is 5.75. The molecular weight excluding hydrogens is 112 g/mol. The van der Waals surface area contributed by atoms with E-state index in [0.717, 1.165) is 19.3 Å². The highest BCUT2D eigenvalue weighted by Gasteiger charge is 1.94. The molecule has 0 aliphatic heterocycles. The third-order valence-electron chi connectivity index (χ3n) is 1.09. The van der Waals surface area contributed by atoms with E-state index in [0.29, 0.717) is 0 Å². The van der Waals surface area contributed by atoms with Crippen LogP contribution in [0.2, 0.25) is 0 Å². The zero-order valence-electron chi connectivity index (χ0n) is 5.15. The highest BCUT2D eigenvalue weighted by Crippen LogP contribution is 1.98. The minimum Gasteiger partial charge on any atom is -0.393 e. The van der Waals surface area contributed by atoms with Gasteiger partial charge in [-0.05, 0) is 12.8 Å². The fourth-order valence-corrected chi connectivity index (χ4v) is 0.537. The van der Waals surface area contributed by atoms with Crippen LogP contribution in [0.1, 0.15) is 33.1 Å². The van der Waals surface area contributed by atoms with E-state index in [1.807, 2.05) is 6.92 Å². The maximum atomic E-state index is 8.86. The molecule has 1 atom stereocenters. The normalized spacial score (nSPS) is 12.4. The Balaban J connectivity index is 0. The molecule has 0 amide bonds. The van der Waals surface area contributed by atoms with E-state index in [4.69, 9.17) is 5.11 Å². The molecule has 0 rings (SSSR count). The van der Waals surface area contributed by atoms with Gasteiger partial charge in [-0.15, -0.1) is 0 Å². The molecule has 2 heteroatoms. The Labute approximate surface area is 67.6 Å². The minimum atomic E-state index is -0.0509. The van der Waals surface area contributed by atoms with Gasteiger partial charge in [0.1, 0.15) is 0 Å². The fourth-order valence-electron chi connectivity index (χ4n) is 0.537. The Bertz CT molecular complexity index is 39.5. The molecule has 0 aliphatic carbocycles. The molecule has 1 unspecified atom stereocenters. The van der Waals surface area contributed by atoms with Crippen LogP contribution >= 0.6 is 0 Å². The van der Waals surface area contributed by atoms with Crippen LogP contribution in [-0.4, -0.2) is 34.3 Å². The Morgan fingerprint density at radius 3 is 2.00 bits per heavy atom. The summed E-state index contributed by atoms with van der Waals surface area (Å²) in [6, 6.07) is 0. The minimum absolute atomic E-state index is 0. The molecule has 0 aromatic heterocycles. The Morgan fingerprint density at radius 1 is 1.38 bits per heavy atom. The van der Waals surface area contributed by atoms with E-state index in [-0.39, 0.29) is 29.2 Å². The van der Waals surface area contributed by atoms with Crippen molar-refractivity contribution in [2.45, 2.75) is 39.2 Å². The van der Waals surface area contributed by atoms with Crippen molar-refractivity contribution in [2.24, 2.45) is 0 Å². The molecule has 0 aromatic rings. The Kier molecular flexibility index (Phi) is 11.1. The van der Waals surface area contributed by atoms with Crippen molar-refractivity contribution in [3.8, 4) is 0 Å². The topological polar surface area (TPSA) is 20.2 Å². The van der Waals surface area contributed by atoms with Gasteiger partial charge in [-0.2, -0.15) is 0 Å². The molecule has 48 valence electrons. The zero-order chi connectivity index (χ0) is 5.70. The number of hydrogen-bond donors (Lipinski definition) is 1. The van der Waals surface area contributed by atoms with E-state index in [2.05, 4.69) is 6.92 Å². The van der Waals surface area contributed by atoms with Crippen LogP contribution in [0.3, 0.4) is 0 Å². The monoisotopic (exact) mass is 128 g/mol. The lowest BCUT2D eigenvalue weighted by atomic mass is 10.2. The molecule has 1 nitrogen and oxygen atoms in total. The molecule has 0 aromatic carbocycles. The first-order valence-electron chi connectivity index (χ1n) is 2.99. The van der Waals surface area contributed by atoms with Crippen LogP contribution in [0.5, 0.6) is 0 Å². The number of aliphatic hydroxyl groups is 1. The standard InChI is InChI=1S/C6H14O.Mg.2H/c1-3-5-6(7)4-2;;;/h6-7H,3-5H2,1-2H3;;;.